The van der Waals surface area contributed by atoms with Crippen LogP contribution >= 0.6 is 11.6 Å². The van der Waals surface area contributed by atoms with E-state index in [4.69, 9.17) is 22.2 Å². The minimum Gasteiger partial charge on any atom is -0.378 e. The molecular weight excluding hydrogens is 255 g/mol. The van der Waals surface area contributed by atoms with E-state index in [1.807, 2.05) is 13.0 Å². The molecule has 2 rings (SSSR count). The molecule has 1 aromatic rings. The van der Waals surface area contributed by atoms with Gasteiger partial charge in [-0.05, 0) is 37.5 Å². The van der Waals surface area contributed by atoms with Crippen LogP contribution in [0.15, 0.2) is 18.2 Å². The van der Waals surface area contributed by atoms with E-state index in [0.717, 1.165) is 18.6 Å². The third kappa shape index (κ3) is 3.01. The van der Waals surface area contributed by atoms with Crippen LogP contribution in [-0.4, -0.2) is 18.8 Å². The molecule has 3 unspecified atom stereocenters. The number of nitrogens with two attached hydrogens (primary N) is 1. The molecule has 0 aliphatic carbocycles. The van der Waals surface area contributed by atoms with Gasteiger partial charge in [0, 0.05) is 18.6 Å². The van der Waals surface area contributed by atoms with Crippen molar-refractivity contribution in [2.45, 2.75) is 31.9 Å². The van der Waals surface area contributed by atoms with Gasteiger partial charge in [-0.25, -0.2) is 4.39 Å². The SMILES string of the molecule is CC1OCCC1C(Cc1ccc(Cl)c(F)c1)NN. The van der Waals surface area contributed by atoms with Crippen molar-refractivity contribution in [3.05, 3.63) is 34.6 Å². The van der Waals surface area contributed by atoms with Gasteiger partial charge in [0.05, 0.1) is 11.1 Å². The molecule has 1 aliphatic rings. The Morgan fingerprint density at radius 1 is 1.61 bits per heavy atom. The number of benzene rings is 1. The zero-order valence-electron chi connectivity index (χ0n) is 10.3. The van der Waals surface area contributed by atoms with Crippen LogP contribution in [0.3, 0.4) is 0 Å². The molecule has 0 spiro atoms. The smallest absolute Gasteiger partial charge is 0.142 e. The van der Waals surface area contributed by atoms with Crippen molar-refractivity contribution in [3.63, 3.8) is 0 Å². The minimum absolute atomic E-state index is 0.0862. The number of halogens is 2. The van der Waals surface area contributed by atoms with Gasteiger partial charge in [-0.1, -0.05) is 17.7 Å². The number of rotatable bonds is 4. The Bertz CT molecular complexity index is 416. The van der Waals surface area contributed by atoms with Crippen LogP contribution in [0.1, 0.15) is 18.9 Å². The van der Waals surface area contributed by atoms with Crippen LogP contribution in [0.5, 0.6) is 0 Å². The van der Waals surface area contributed by atoms with E-state index in [0.29, 0.717) is 12.3 Å². The fourth-order valence-electron chi connectivity index (χ4n) is 2.53. The second kappa shape index (κ2) is 5.97. The molecule has 1 saturated heterocycles. The van der Waals surface area contributed by atoms with Crippen molar-refractivity contribution in [2.75, 3.05) is 6.61 Å². The third-order valence-electron chi connectivity index (χ3n) is 3.61. The highest BCUT2D eigenvalue weighted by Gasteiger charge is 2.31. The van der Waals surface area contributed by atoms with Crippen LogP contribution in [0, 0.1) is 11.7 Å². The predicted molar refractivity (Wildman–Crippen MR) is 69.7 cm³/mol. The number of hydrogen-bond donors (Lipinski definition) is 2. The normalized spacial score (nSPS) is 25.3. The van der Waals surface area contributed by atoms with E-state index >= 15 is 0 Å². The average molecular weight is 273 g/mol. The summed E-state index contributed by atoms with van der Waals surface area (Å²) >= 11 is 5.67. The van der Waals surface area contributed by atoms with E-state index in [9.17, 15) is 4.39 Å². The average Bonchev–Trinajstić information content (AvgIpc) is 2.77. The number of hydrazine groups is 1. The second-order valence-corrected chi connectivity index (χ2v) is 5.16. The van der Waals surface area contributed by atoms with Gasteiger partial charge < -0.3 is 4.74 Å². The highest BCUT2D eigenvalue weighted by Crippen LogP contribution is 2.26. The molecule has 0 radical (unpaired) electrons. The molecule has 1 aromatic carbocycles. The lowest BCUT2D eigenvalue weighted by Crippen LogP contribution is -2.44. The molecule has 3 N–H and O–H groups in total. The molecule has 0 aromatic heterocycles. The first-order valence-corrected chi connectivity index (χ1v) is 6.51. The van der Waals surface area contributed by atoms with Crippen molar-refractivity contribution in [1.82, 2.24) is 5.43 Å². The monoisotopic (exact) mass is 272 g/mol. The zero-order chi connectivity index (χ0) is 13.1. The fraction of sp³-hybridized carbons (Fsp3) is 0.538. The summed E-state index contributed by atoms with van der Waals surface area (Å²) in [6, 6.07) is 4.96. The highest BCUT2D eigenvalue weighted by atomic mass is 35.5. The first kappa shape index (κ1) is 13.7. The van der Waals surface area contributed by atoms with Gasteiger partial charge >= 0.3 is 0 Å². The van der Waals surface area contributed by atoms with Gasteiger partial charge in [-0.2, -0.15) is 0 Å². The van der Waals surface area contributed by atoms with E-state index in [1.165, 1.54) is 6.07 Å². The zero-order valence-corrected chi connectivity index (χ0v) is 11.1. The van der Waals surface area contributed by atoms with Crippen molar-refractivity contribution < 1.29 is 9.13 Å². The molecule has 0 bridgehead atoms. The maximum atomic E-state index is 13.4. The molecule has 1 fully saturated rings. The summed E-state index contributed by atoms with van der Waals surface area (Å²) in [7, 11) is 0. The molecule has 1 aliphatic heterocycles. The fourth-order valence-corrected chi connectivity index (χ4v) is 2.65. The van der Waals surface area contributed by atoms with Gasteiger partial charge in [0.1, 0.15) is 5.82 Å². The standard InChI is InChI=1S/C13H18ClFN2O/c1-8-10(4-5-18-8)13(17-16)7-9-2-3-11(14)12(15)6-9/h2-3,6,8,10,13,17H,4-5,7,16H2,1H3. The molecule has 1 heterocycles. The predicted octanol–water partition coefficient (Wildman–Crippen LogP) is 2.28. The molecule has 3 nitrogen and oxygen atoms in total. The van der Waals surface area contributed by atoms with Crippen molar-refractivity contribution in [3.8, 4) is 0 Å². The van der Waals surface area contributed by atoms with Crippen LogP contribution in [0.25, 0.3) is 0 Å². The molecule has 0 amide bonds. The van der Waals surface area contributed by atoms with Crippen LogP contribution in [0.2, 0.25) is 5.02 Å². The minimum atomic E-state index is -0.388. The second-order valence-electron chi connectivity index (χ2n) is 4.75. The third-order valence-corrected chi connectivity index (χ3v) is 3.91. The Morgan fingerprint density at radius 3 is 2.94 bits per heavy atom. The lowest BCUT2D eigenvalue weighted by atomic mass is 9.89. The summed E-state index contributed by atoms with van der Waals surface area (Å²) in [5, 5.41) is 0.147. The summed E-state index contributed by atoms with van der Waals surface area (Å²) in [5.41, 5.74) is 3.71. The quantitative estimate of drug-likeness (QED) is 0.653. The summed E-state index contributed by atoms with van der Waals surface area (Å²) in [6.07, 6.45) is 1.83. The lowest BCUT2D eigenvalue weighted by molar-refractivity contribution is 0.0954. The Balaban J connectivity index is 2.07. The molecule has 100 valence electrons. The van der Waals surface area contributed by atoms with E-state index in [1.54, 1.807) is 6.07 Å². The van der Waals surface area contributed by atoms with Gasteiger partial charge in [0.15, 0.2) is 0 Å². The van der Waals surface area contributed by atoms with Crippen molar-refractivity contribution >= 4 is 11.6 Å². The molecule has 3 atom stereocenters. The molecule has 18 heavy (non-hydrogen) atoms. The molecular formula is C13H18ClFN2O. The first-order valence-electron chi connectivity index (χ1n) is 6.13. The first-order chi connectivity index (χ1) is 8.61. The molecule has 5 heteroatoms. The maximum Gasteiger partial charge on any atom is 0.142 e. The van der Waals surface area contributed by atoms with Crippen LogP contribution < -0.4 is 11.3 Å². The summed E-state index contributed by atoms with van der Waals surface area (Å²) in [5.74, 6) is 5.57. The van der Waals surface area contributed by atoms with E-state index in [2.05, 4.69) is 5.43 Å². The Hall–Kier alpha value is -0.680. The Kier molecular flexibility index (Phi) is 4.56. The summed E-state index contributed by atoms with van der Waals surface area (Å²) in [6.45, 7) is 2.81. The number of nitrogens with one attached hydrogen (secondary N) is 1. The lowest BCUT2D eigenvalue weighted by Gasteiger charge is -2.25. The van der Waals surface area contributed by atoms with Gasteiger partial charge in [0.25, 0.3) is 0 Å². The Labute approximate surface area is 111 Å². The number of hydrogen-bond acceptors (Lipinski definition) is 3. The van der Waals surface area contributed by atoms with E-state index in [-0.39, 0.29) is 23.0 Å². The largest absolute Gasteiger partial charge is 0.378 e. The van der Waals surface area contributed by atoms with Crippen molar-refractivity contribution in [1.29, 1.82) is 0 Å². The van der Waals surface area contributed by atoms with E-state index < -0.39 is 0 Å². The van der Waals surface area contributed by atoms with Crippen LogP contribution in [-0.2, 0) is 11.2 Å². The summed E-state index contributed by atoms with van der Waals surface area (Å²) in [4.78, 5) is 0. The van der Waals surface area contributed by atoms with Gasteiger partial charge in [0.2, 0.25) is 0 Å². The van der Waals surface area contributed by atoms with Crippen LogP contribution in [0.4, 0.5) is 4.39 Å². The van der Waals surface area contributed by atoms with Crippen molar-refractivity contribution in [2.24, 2.45) is 11.8 Å². The van der Waals surface area contributed by atoms with Gasteiger partial charge in [-0.15, -0.1) is 0 Å². The van der Waals surface area contributed by atoms with Gasteiger partial charge in [-0.3, -0.25) is 11.3 Å². The topological polar surface area (TPSA) is 47.3 Å². The number of ether oxygens (including phenoxy) is 1. The summed E-state index contributed by atoms with van der Waals surface area (Å²) < 4.78 is 18.9. The Morgan fingerprint density at radius 2 is 2.39 bits per heavy atom. The maximum absolute atomic E-state index is 13.4. The highest BCUT2D eigenvalue weighted by molar-refractivity contribution is 6.30. The molecule has 0 saturated carbocycles.